The molecular formula is C20H19N3O2S. The summed E-state index contributed by atoms with van der Waals surface area (Å²) >= 11 is 1.38. The summed E-state index contributed by atoms with van der Waals surface area (Å²) in [6, 6.07) is 16.6. The first-order valence-corrected chi connectivity index (χ1v) is 9.14. The van der Waals surface area contributed by atoms with E-state index in [4.69, 9.17) is 0 Å². The van der Waals surface area contributed by atoms with Crippen molar-refractivity contribution in [2.45, 2.75) is 13.8 Å². The highest BCUT2D eigenvalue weighted by Gasteiger charge is 2.11. The molecular weight excluding hydrogens is 346 g/mol. The second-order valence-corrected chi connectivity index (χ2v) is 6.94. The van der Waals surface area contributed by atoms with E-state index in [2.05, 4.69) is 15.6 Å². The molecule has 0 atom stereocenters. The molecule has 132 valence electrons. The van der Waals surface area contributed by atoms with Crippen molar-refractivity contribution in [1.29, 1.82) is 0 Å². The zero-order valence-electron chi connectivity index (χ0n) is 14.5. The monoisotopic (exact) mass is 365 g/mol. The van der Waals surface area contributed by atoms with Gasteiger partial charge in [0.15, 0.2) is 5.13 Å². The van der Waals surface area contributed by atoms with E-state index in [9.17, 15) is 9.59 Å². The molecule has 3 aromatic rings. The Morgan fingerprint density at radius 3 is 2.31 bits per heavy atom. The molecule has 0 fully saturated rings. The molecule has 5 nitrogen and oxygen atoms in total. The minimum Gasteiger partial charge on any atom is -0.326 e. The average Bonchev–Trinajstić information content (AvgIpc) is 3.11. The maximum atomic E-state index is 12.4. The van der Waals surface area contributed by atoms with Gasteiger partial charge in [-0.1, -0.05) is 44.2 Å². The van der Waals surface area contributed by atoms with Crippen molar-refractivity contribution in [3.8, 4) is 11.3 Å². The Morgan fingerprint density at radius 1 is 0.962 bits per heavy atom. The molecule has 0 bridgehead atoms. The van der Waals surface area contributed by atoms with Crippen molar-refractivity contribution in [3.63, 3.8) is 0 Å². The van der Waals surface area contributed by atoms with E-state index < -0.39 is 0 Å². The van der Waals surface area contributed by atoms with Crippen LogP contribution in [-0.4, -0.2) is 16.8 Å². The largest absolute Gasteiger partial charge is 0.326 e. The third-order valence-electron chi connectivity index (χ3n) is 3.73. The van der Waals surface area contributed by atoms with Gasteiger partial charge in [0.2, 0.25) is 5.91 Å². The smallest absolute Gasteiger partial charge is 0.257 e. The Bertz CT molecular complexity index is 902. The van der Waals surface area contributed by atoms with Gasteiger partial charge in [-0.15, -0.1) is 11.3 Å². The maximum absolute atomic E-state index is 12.4. The van der Waals surface area contributed by atoms with Crippen LogP contribution >= 0.6 is 11.3 Å². The molecule has 26 heavy (non-hydrogen) atoms. The number of nitrogens with one attached hydrogen (secondary N) is 2. The summed E-state index contributed by atoms with van der Waals surface area (Å²) in [7, 11) is 0. The number of nitrogens with zero attached hydrogens (tertiary/aromatic N) is 1. The quantitative estimate of drug-likeness (QED) is 0.691. The minimum atomic E-state index is -0.235. The molecule has 2 aromatic carbocycles. The first kappa shape index (κ1) is 17.8. The number of anilines is 2. The second-order valence-electron chi connectivity index (χ2n) is 6.08. The molecule has 6 heteroatoms. The molecule has 1 heterocycles. The molecule has 0 saturated carbocycles. The van der Waals surface area contributed by atoms with E-state index in [-0.39, 0.29) is 17.7 Å². The van der Waals surface area contributed by atoms with E-state index in [1.165, 1.54) is 11.3 Å². The fourth-order valence-electron chi connectivity index (χ4n) is 2.23. The van der Waals surface area contributed by atoms with Gasteiger partial charge in [0.25, 0.3) is 5.91 Å². The Morgan fingerprint density at radius 2 is 1.65 bits per heavy atom. The molecule has 0 aliphatic carbocycles. The lowest BCUT2D eigenvalue weighted by atomic mass is 10.1. The van der Waals surface area contributed by atoms with E-state index in [0.717, 1.165) is 11.3 Å². The molecule has 0 unspecified atom stereocenters. The third kappa shape index (κ3) is 4.34. The molecule has 0 aliphatic rings. The number of hydrogen-bond acceptors (Lipinski definition) is 4. The number of carbonyl (C=O) groups is 2. The Hall–Kier alpha value is -2.99. The lowest BCUT2D eigenvalue weighted by molar-refractivity contribution is -0.118. The highest BCUT2D eigenvalue weighted by molar-refractivity contribution is 7.14. The molecule has 0 spiro atoms. The number of amides is 2. The first-order valence-electron chi connectivity index (χ1n) is 8.26. The van der Waals surface area contributed by atoms with E-state index in [1.807, 2.05) is 49.6 Å². The van der Waals surface area contributed by atoms with Gasteiger partial charge in [0.05, 0.1) is 5.69 Å². The van der Waals surface area contributed by atoms with Crippen LogP contribution in [0.4, 0.5) is 10.8 Å². The predicted octanol–water partition coefficient (Wildman–Crippen LogP) is 4.66. The van der Waals surface area contributed by atoms with E-state index in [0.29, 0.717) is 16.4 Å². The van der Waals surface area contributed by atoms with Crippen molar-refractivity contribution >= 4 is 34.0 Å². The summed E-state index contributed by atoms with van der Waals surface area (Å²) in [6.07, 6.45) is 0. The zero-order chi connectivity index (χ0) is 18.5. The van der Waals surface area contributed by atoms with Crippen LogP contribution in [0.2, 0.25) is 0 Å². The van der Waals surface area contributed by atoms with Crippen molar-refractivity contribution in [2.75, 3.05) is 10.6 Å². The van der Waals surface area contributed by atoms with Crippen LogP contribution in [0.1, 0.15) is 24.2 Å². The SMILES string of the molecule is CC(C)C(=O)Nc1ccc(C(=O)Nc2nc(-c3ccccc3)cs2)cc1. The summed E-state index contributed by atoms with van der Waals surface area (Å²) in [6.45, 7) is 3.66. The fraction of sp³-hybridized carbons (Fsp3) is 0.150. The fourth-order valence-corrected chi connectivity index (χ4v) is 2.95. The van der Waals surface area contributed by atoms with Gasteiger partial charge in [0, 0.05) is 28.1 Å². The lowest BCUT2D eigenvalue weighted by Crippen LogP contribution is -2.18. The number of benzene rings is 2. The number of rotatable bonds is 5. The lowest BCUT2D eigenvalue weighted by Gasteiger charge is -2.08. The summed E-state index contributed by atoms with van der Waals surface area (Å²) < 4.78 is 0. The van der Waals surface area contributed by atoms with Crippen LogP contribution in [0.3, 0.4) is 0 Å². The first-order chi connectivity index (χ1) is 12.5. The van der Waals surface area contributed by atoms with Gasteiger partial charge in [-0.05, 0) is 24.3 Å². The summed E-state index contributed by atoms with van der Waals surface area (Å²) in [5.74, 6) is -0.388. The van der Waals surface area contributed by atoms with Crippen LogP contribution in [0.25, 0.3) is 11.3 Å². The Balaban J connectivity index is 1.65. The minimum absolute atomic E-state index is 0.0570. The molecule has 0 saturated heterocycles. The van der Waals surface area contributed by atoms with Crippen molar-refractivity contribution < 1.29 is 9.59 Å². The predicted molar refractivity (Wildman–Crippen MR) is 105 cm³/mol. The molecule has 3 rings (SSSR count). The van der Waals surface area contributed by atoms with Crippen LogP contribution in [0, 0.1) is 5.92 Å². The maximum Gasteiger partial charge on any atom is 0.257 e. The Labute approximate surface area is 156 Å². The summed E-state index contributed by atoms with van der Waals surface area (Å²) in [5.41, 5.74) is 3.01. The van der Waals surface area contributed by atoms with Crippen LogP contribution in [0.15, 0.2) is 60.0 Å². The van der Waals surface area contributed by atoms with Gasteiger partial charge >= 0.3 is 0 Å². The molecule has 0 radical (unpaired) electrons. The van der Waals surface area contributed by atoms with Gasteiger partial charge in [-0.2, -0.15) is 0 Å². The Kier molecular flexibility index (Phi) is 5.43. The number of hydrogen-bond donors (Lipinski definition) is 2. The van der Waals surface area contributed by atoms with Gasteiger partial charge < -0.3 is 5.32 Å². The number of aromatic nitrogens is 1. The van der Waals surface area contributed by atoms with Crippen molar-refractivity contribution in [3.05, 3.63) is 65.5 Å². The van der Waals surface area contributed by atoms with Crippen molar-refractivity contribution in [1.82, 2.24) is 4.98 Å². The van der Waals surface area contributed by atoms with Gasteiger partial charge in [0.1, 0.15) is 0 Å². The highest BCUT2D eigenvalue weighted by Crippen LogP contribution is 2.25. The molecule has 2 N–H and O–H groups in total. The number of carbonyl (C=O) groups excluding carboxylic acids is 2. The normalized spacial score (nSPS) is 10.6. The van der Waals surface area contributed by atoms with Gasteiger partial charge in [-0.25, -0.2) is 4.98 Å². The second kappa shape index (κ2) is 7.93. The van der Waals surface area contributed by atoms with E-state index >= 15 is 0 Å². The highest BCUT2D eigenvalue weighted by atomic mass is 32.1. The average molecular weight is 365 g/mol. The standard InChI is InChI=1S/C20H19N3O2S/c1-13(2)18(24)21-16-10-8-15(9-11-16)19(25)23-20-22-17(12-26-20)14-6-4-3-5-7-14/h3-13H,1-2H3,(H,21,24)(H,22,23,25). The van der Waals surface area contributed by atoms with E-state index in [1.54, 1.807) is 24.3 Å². The summed E-state index contributed by atoms with van der Waals surface area (Å²) in [5, 5.41) is 8.07. The molecule has 1 aromatic heterocycles. The van der Waals surface area contributed by atoms with Gasteiger partial charge in [-0.3, -0.25) is 14.9 Å². The summed E-state index contributed by atoms with van der Waals surface area (Å²) in [4.78, 5) is 28.5. The van der Waals surface area contributed by atoms with Crippen LogP contribution < -0.4 is 10.6 Å². The topological polar surface area (TPSA) is 71.1 Å². The zero-order valence-corrected chi connectivity index (χ0v) is 15.3. The molecule has 2 amide bonds. The van der Waals surface area contributed by atoms with Crippen LogP contribution in [-0.2, 0) is 4.79 Å². The molecule has 0 aliphatic heterocycles. The number of thiazole rings is 1. The van der Waals surface area contributed by atoms with Crippen molar-refractivity contribution in [2.24, 2.45) is 5.92 Å². The third-order valence-corrected chi connectivity index (χ3v) is 4.49. The van der Waals surface area contributed by atoms with Crippen LogP contribution in [0.5, 0.6) is 0 Å².